The van der Waals surface area contributed by atoms with E-state index in [2.05, 4.69) is 204 Å². The van der Waals surface area contributed by atoms with Crippen molar-refractivity contribution in [3.8, 4) is 27.9 Å². The van der Waals surface area contributed by atoms with Gasteiger partial charge in [0.15, 0.2) is 5.84 Å². The molecule has 10 aromatic carbocycles. The lowest BCUT2D eigenvalue weighted by atomic mass is 9.95. The molecule has 0 spiro atoms. The topological polar surface area (TPSA) is 41.7 Å². The number of hydrogen-bond donors (Lipinski definition) is 1. The van der Waals surface area contributed by atoms with Gasteiger partial charge in [-0.25, -0.2) is 9.98 Å². The molecule has 0 amide bonds. The van der Waals surface area contributed by atoms with E-state index in [-0.39, 0.29) is 6.17 Å². The van der Waals surface area contributed by atoms with Gasteiger partial charge in [0.1, 0.15) is 12.0 Å². The van der Waals surface area contributed by atoms with E-state index in [0.717, 1.165) is 39.2 Å². The van der Waals surface area contributed by atoms with Crippen LogP contribution in [0.25, 0.3) is 82.1 Å². The van der Waals surface area contributed by atoms with Crippen LogP contribution in [0.2, 0.25) is 0 Å². The Bertz CT molecular complexity index is 3560. The molecular weight excluding hydrogens is 741 g/mol. The van der Waals surface area contributed by atoms with Crippen LogP contribution in [0.1, 0.15) is 22.9 Å². The Morgan fingerprint density at radius 2 is 0.967 bits per heavy atom. The Morgan fingerprint density at radius 1 is 0.377 bits per heavy atom. The van der Waals surface area contributed by atoms with E-state index in [4.69, 9.17) is 9.98 Å². The second-order valence-corrected chi connectivity index (χ2v) is 15.9. The summed E-state index contributed by atoms with van der Waals surface area (Å²) in [7, 11) is 0. The minimum atomic E-state index is -0.268. The van der Waals surface area contributed by atoms with E-state index in [1.54, 1.807) is 0 Å². The second-order valence-electron chi connectivity index (χ2n) is 15.9. The first-order chi connectivity index (χ1) is 30.2. The number of hydrogen-bond acceptors (Lipinski definition) is 3. The van der Waals surface area contributed by atoms with Gasteiger partial charge in [-0.3, -0.25) is 0 Å². The van der Waals surface area contributed by atoms with Crippen LogP contribution in [0, 0.1) is 0 Å². The molecule has 1 N–H and O–H groups in total. The second kappa shape index (κ2) is 14.3. The lowest BCUT2D eigenvalue weighted by molar-refractivity contribution is 0.674. The number of para-hydroxylation sites is 1. The van der Waals surface area contributed by atoms with Crippen LogP contribution in [0.4, 0.5) is 0 Å². The maximum Gasteiger partial charge on any atom is 0.159 e. The van der Waals surface area contributed by atoms with Gasteiger partial charge in [0.25, 0.3) is 0 Å². The summed E-state index contributed by atoms with van der Waals surface area (Å²) in [4.78, 5) is 10.2. The number of rotatable bonds is 6. The summed E-state index contributed by atoms with van der Waals surface area (Å²) in [6.07, 6.45) is -0.268. The Hall–Kier alpha value is -8.08. The SMILES string of the molecule is c1ccc(C2=NC(c3ccccc3)NC(c3cccc(-n4c5ccccc5c5c6cc(-c7ccc8ccc(-c9ccc%10ccccc%10c9)cc8c7)ccc6ccc54)c3)=N2)cc1. The van der Waals surface area contributed by atoms with Crippen LogP contribution in [-0.4, -0.2) is 16.2 Å². The average Bonchev–Trinajstić information content (AvgIpc) is 3.69. The number of fused-ring (bicyclic) bond motifs is 7. The summed E-state index contributed by atoms with van der Waals surface area (Å²) in [6.45, 7) is 0. The highest BCUT2D eigenvalue weighted by atomic mass is 15.2. The molecule has 12 rings (SSSR count). The minimum Gasteiger partial charge on any atom is -0.344 e. The quantitative estimate of drug-likeness (QED) is 0.179. The van der Waals surface area contributed by atoms with Crippen molar-refractivity contribution in [3.63, 3.8) is 0 Å². The molecule has 0 bridgehead atoms. The maximum atomic E-state index is 5.12. The molecule has 0 fully saturated rings. The van der Waals surface area contributed by atoms with Crippen molar-refractivity contribution in [2.24, 2.45) is 9.98 Å². The Kier molecular flexibility index (Phi) is 8.20. The van der Waals surface area contributed by atoms with Gasteiger partial charge in [-0.15, -0.1) is 0 Å². The highest BCUT2D eigenvalue weighted by Gasteiger charge is 2.22. The molecule has 2 heterocycles. The molecule has 0 saturated carbocycles. The zero-order valence-corrected chi connectivity index (χ0v) is 33.2. The molecule has 1 atom stereocenters. The predicted molar refractivity (Wildman–Crippen MR) is 256 cm³/mol. The lowest BCUT2D eigenvalue weighted by Gasteiger charge is -2.24. The van der Waals surface area contributed by atoms with Crippen LogP contribution in [0.5, 0.6) is 0 Å². The van der Waals surface area contributed by atoms with Gasteiger partial charge < -0.3 is 9.88 Å². The van der Waals surface area contributed by atoms with Crippen LogP contribution in [-0.2, 0) is 0 Å². The fraction of sp³-hybridized carbons (Fsp3) is 0.0175. The first-order valence-corrected chi connectivity index (χ1v) is 20.8. The van der Waals surface area contributed by atoms with Gasteiger partial charge in [-0.2, -0.15) is 0 Å². The van der Waals surface area contributed by atoms with Gasteiger partial charge in [0.05, 0.1) is 11.0 Å². The zero-order chi connectivity index (χ0) is 40.3. The molecule has 4 heteroatoms. The fourth-order valence-electron chi connectivity index (χ4n) is 9.13. The van der Waals surface area contributed by atoms with E-state index in [1.165, 1.54) is 65.3 Å². The van der Waals surface area contributed by atoms with Crippen molar-refractivity contribution in [1.29, 1.82) is 0 Å². The van der Waals surface area contributed by atoms with Crippen LogP contribution < -0.4 is 5.32 Å². The first-order valence-electron chi connectivity index (χ1n) is 20.8. The lowest BCUT2D eigenvalue weighted by Crippen LogP contribution is -2.33. The van der Waals surface area contributed by atoms with Crippen LogP contribution in [0.3, 0.4) is 0 Å². The molecule has 11 aromatic rings. The van der Waals surface area contributed by atoms with Crippen LogP contribution in [0.15, 0.2) is 228 Å². The van der Waals surface area contributed by atoms with E-state index in [0.29, 0.717) is 5.84 Å². The van der Waals surface area contributed by atoms with E-state index < -0.39 is 0 Å². The predicted octanol–water partition coefficient (Wildman–Crippen LogP) is 14.1. The molecule has 1 aromatic heterocycles. The third kappa shape index (κ3) is 6.16. The fourth-order valence-corrected chi connectivity index (χ4v) is 9.13. The summed E-state index contributed by atoms with van der Waals surface area (Å²) in [5.74, 6) is 1.50. The van der Waals surface area contributed by atoms with Gasteiger partial charge in [0.2, 0.25) is 0 Å². The number of aliphatic imine (C=N–C) groups is 2. The highest BCUT2D eigenvalue weighted by molar-refractivity contribution is 6.22. The molecule has 4 nitrogen and oxygen atoms in total. The van der Waals surface area contributed by atoms with E-state index in [9.17, 15) is 0 Å². The molecule has 1 unspecified atom stereocenters. The molecule has 61 heavy (non-hydrogen) atoms. The van der Waals surface area contributed by atoms with Gasteiger partial charge in [-0.05, 0) is 109 Å². The first kappa shape index (κ1) is 34.9. The summed E-state index contributed by atoms with van der Waals surface area (Å²) in [5.41, 5.74) is 11.3. The summed E-state index contributed by atoms with van der Waals surface area (Å²) in [6, 6.07) is 78.5. The molecular formula is C57H38N4. The van der Waals surface area contributed by atoms with Gasteiger partial charge >= 0.3 is 0 Å². The molecule has 1 aliphatic rings. The van der Waals surface area contributed by atoms with Crippen molar-refractivity contribution in [2.45, 2.75) is 6.17 Å². The largest absolute Gasteiger partial charge is 0.344 e. The molecule has 0 radical (unpaired) electrons. The number of nitrogens with zero attached hydrogens (tertiary/aromatic N) is 3. The Morgan fingerprint density at radius 3 is 1.74 bits per heavy atom. The van der Waals surface area contributed by atoms with E-state index >= 15 is 0 Å². The van der Waals surface area contributed by atoms with E-state index in [1.807, 2.05) is 24.3 Å². The normalized spacial score (nSPS) is 14.1. The summed E-state index contributed by atoms with van der Waals surface area (Å²) >= 11 is 0. The standard InChI is InChI=1S/C57H38N4/c1-3-13-40(14-4-1)55-58-56(41-15-5-2-6-16-41)60-57(59-55)47-18-11-19-49(35-47)61-52-21-10-9-20-50(52)54-51-36-46(29-25-39(51)30-31-53(54)61)45-28-24-38-23-27-44(33-48(38)34-45)43-26-22-37-12-7-8-17-42(37)32-43/h1-36,55H,(H,58,59,60). The number of amidine groups is 2. The molecule has 0 aliphatic carbocycles. The Balaban J connectivity index is 0.961. The highest BCUT2D eigenvalue weighted by Crippen LogP contribution is 2.39. The van der Waals surface area contributed by atoms with Crippen molar-refractivity contribution in [1.82, 2.24) is 9.88 Å². The third-order valence-electron chi connectivity index (χ3n) is 12.2. The van der Waals surface area contributed by atoms with Crippen molar-refractivity contribution >= 4 is 65.8 Å². The average molecular weight is 779 g/mol. The maximum absolute atomic E-state index is 5.12. The number of aromatic nitrogens is 1. The van der Waals surface area contributed by atoms with Crippen molar-refractivity contribution < 1.29 is 0 Å². The minimum absolute atomic E-state index is 0.268. The monoisotopic (exact) mass is 778 g/mol. The summed E-state index contributed by atoms with van der Waals surface area (Å²) < 4.78 is 2.40. The molecule has 286 valence electrons. The van der Waals surface area contributed by atoms with Crippen molar-refractivity contribution in [2.75, 3.05) is 0 Å². The molecule has 0 saturated heterocycles. The smallest absolute Gasteiger partial charge is 0.159 e. The molecule has 1 aliphatic heterocycles. The van der Waals surface area contributed by atoms with Gasteiger partial charge in [0, 0.05) is 27.6 Å². The Labute approximate surface area is 353 Å². The van der Waals surface area contributed by atoms with Gasteiger partial charge in [-0.1, -0.05) is 170 Å². The number of benzene rings is 10. The zero-order valence-electron chi connectivity index (χ0n) is 33.2. The third-order valence-corrected chi connectivity index (χ3v) is 12.2. The number of nitrogens with one attached hydrogen (secondary N) is 1. The van der Waals surface area contributed by atoms with Crippen LogP contribution >= 0.6 is 0 Å². The summed E-state index contributed by atoms with van der Waals surface area (Å²) in [5, 5.41) is 13.6. The van der Waals surface area contributed by atoms with Crippen molar-refractivity contribution in [3.05, 3.63) is 235 Å².